The molecule has 3 aromatic rings. The van der Waals surface area contributed by atoms with Gasteiger partial charge in [0, 0.05) is 44.4 Å². The number of amides is 1. The minimum absolute atomic E-state index is 0.107. The molecule has 0 bridgehead atoms. The molecular weight excluding hydrogens is 392 g/mol. The van der Waals surface area contributed by atoms with Gasteiger partial charge in [-0.25, -0.2) is 0 Å². The summed E-state index contributed by atoms with van der Waals surface area (Å²) in [5.74, 6) is -0.170. The average molecular weight is 421 g/mol. The Hall–Kier alpha value is -3.23. The van der Waals surface area contributed by atoms with Crippen LogP contribution in [0.5, 0.6) is 0 Å². The molecule has 0 saturated carbocycles. The average Bonchev–Trinajstić information content (AvgIpc) is 3.33. The van der Waals surface area contributed by atoms with Crippen molar-refractivity contribution >= 4 is 11.6 Å². The quantitative estimate of drug-likeness (QED) is 0.511. The van der Waals surface area contributed by atoms with Gasteiger partial charge < -0.3 is 15.7 Å². The van der Waals surface area contributed by atoms with E-state index in [4.69, 9.17) is 0 Å². The zero-order chi connectivity index (χ0) is 21.5. The van der Waals surface area contributed by atoms with Gasteiger partial charge in [-0.1, -0.05) is 30.3 Å². The first kappa shape index (κ1) is 21.0. The van der Waals surface area contributed by atoms with Crippen LogP contribution in [0.25, 0.3) is 0 Å². The van der Waals surface area contributed by atoms with E-state index in [1.54, 1.807) is 18.6 Å². The number of aromatic nitrogens is 3. The highest BCUT2D eigenvalue weighted by Gasteiger charge is 2.44. The molecule has 2 atom stereocenters. The summed E-state index contributed by atoms with van der Waals surface area (Å²) in [6.45, 7) is 2.91. The second-order valence-corrected chi connectivity index (χ2v) is 7.82. The Bertz CT molecular complexity index is 951. The molecule has 3 heterocycles. The van der Waals surface area contributed by atoms with Crippen LogP contribution in [0.3, 0.4) is 0 Å². The first-order chi connectivity index (χ1) is 15.2. The summed E-state index contributed by atoms with van der Waals surface area (Å²) in [5, 5.41) is 21.7. The second kappa shape index (κ2) is 9.72. The molecule has 4 rings (SSSR count). The van der Waals surface area contributed by atoms with Crippen molar-refractivity contribution in [1.29, 1.82) is 0 Å². The molecule has 0 unspecified atom stereocenters. The third kappa shape index (κ3) is 5.10. The number of aliphatic hydroxyl groups is 1. The molecule has 1 aliphatic rings. The van der Waals surface area contributed by atoms with Crippen molar-refractivity contribution in [2.45, 2.75) is 24.6 Å². The summed E-state index contributed by atoms with van der Waals surface area (Å²) in [6.07, 6.45) is 6.95. The second-order valence-electron chi connectivity index (χ2n) is 7.82. The van der Waals surface area contributed by atoms with Crippen LogP contribution < -0.4 is 10.6 Å². The van der Waals surface area contributed by atoms with E-state index < -0.39 is 11.6 Å². The van der Waals surface area contributed by atoms with E-state index in [2.05, 4.69) is 25.6 Å². The number of nitrogens with one attached hydrogen (secondary N) is 2. The van der Waals surface area contributed by atoms with Crippen LogP contribution in [-0.2, 0) is 16.9 Å². The smallest absolute Gasteiger partial charge is 0.240 e. The third-order valence-corrected chi connectivity index (χ3v) is 5.79. The number of aliphatic hydroxyl groups excluding tert-OH is 1. The van der Waals surface area contributed by atoms with Crippen LogP contribution in [0.4, 0.5) is 5.69 Å². The van der Waals surface area contributed by atoms with Crippen molar-refractivity contribution in [2.75, 3.05) is 31.5 Å². The highest BCUT2D eigenvalue weighted by Crippen LogP contribution is 2.33. The molecule has 1 aromatic carbocycles. The lowest BCUT2D eigenvalue weighted by Gasteiger charge is -2.46. The van der Waals surface area contributed by atoms with Crippen molar-refractivity contribution in [3.05, 3.63) is 78.9 Å². The van der Waals surface area contributed by atoms with E-state index in [0.29, 0.717) is 13.0 Å². The van der Waals surface area contributed by atoms with Gasteiger partial charge in [0.2, 0.25) is 5.91 Å². The zero-order valence-electron chi connectivity index (χ0n) is 17.4. The van der Waals surface area contributed by atoms with Gasteiger partial charge in [-0.05, 0) is 30.2 Å². The number of hydrogen-bond donors (Lipinski definition) is 3. The van der Waals surface area contributed by atoms with Crippen LogP contribution in [0.2, 0.25) is 0 Å². The van der Waals surface area contributed by atoms with Crippen LogP contribution in [0, 0.1) is 0 Å². The van der Waals surface area contributed by atoms with Crippen molar-refractivity contribution in [3.63, 3.8) is 0 Å². The summed E-state index contributed by atoms with van der Waals surface area (Å²) < 4.78 is 1.89. The Balaban J connectivity index is 1.43. The first-order valence-electron chi connectivity index (χ1n) is 10.5. The molecule has 31 heavy (non-hydrogen) atoms. The number of carbonyl (C=O) groups is 1. The van der Waals surface area contributed by atoms with Crippen LogP contribution >= 0.6 is 0 Å². The van der Waals surface area contributed by atoms with Crippen molar-refractivity contribution in [3.8, 4) is 0 Å². The number of likely N-dealkylation sites (tertiary alicyclic amines) is 1. The normalized spacial score (nSPS) is 21.5. The van der Waals surface area contributed by atoms with E-state index in [1.165, 1.54) is 0 Å². The number of anilines is 1. The highest BCUT2D eigenvalue weighted by atomic mass is 16.3. The molecule has 1 amide bonds. The van der Waals surface area contributed by atoms with Gasteiger partial charge in [0.15, 0.2) is 0 Å². The van der Waals surface area contributed by atoms with Crippen molar-refractivity contribution < 1.29 is 9.90 Å². The van der Waals surface area contributed by atoms with Crippen molar-refractivity contribution in [2.24, 2.45) is 0 Å². The number of β-amino-alcohol motifs (C(OH)–C–C–N with tert-alkyl or cyclic N) is 1. The highest BCUT2D eigenvalue weighted by molar-refractivity contribution is 5.81. The number of carbonyl (C=O) groups excluding carboxylic acids is 1. The topological polar surface area (TPSA) is 95.3 Å². The van der Waals surface area contributed by atoms with E-state index in [1.807, 2.05) is 59.4 Å². The minimum atomic E-state index is -0.822. The summed E-state index contributed by atoms with van der Waals surface area (Å²) >= 11 is 0. The molecule has 2 aromatic heterocycles. The molecule has 0 aliphatic carbocycles. The number of pyridine rings is 1. The molecule has 0 spiro atoms. The Morgan fingerprint density at radius 2 is 2.00 bits per heavy atom. The Labute approximate surface area is 181 Å². The van der Waals surface area contributed by atoms with Gasteiger partial charge in [0.05, 0.1) is 30.4 Å². The summed E-state index contributed by atoms with van der Waals surface area (Å²) in [7, 11) is 0. The minimum Gasteiger partial charge on any atom is -0.389 e. The summed E-state index contributed by atoms with van der Waals surface area (Å²) in [6, 6.07) is 15.3. The Kier molecular flexibility index (Phi) is 6.59. The summed E-state index contributed by atoms with van der Waals surface area (Å²) in [5.41, 5.74) is 0.876. The maximum atomic E-state index is 12.8. The first-order valence-corrected chi connectivity index (χ1v) is 10.5. The predicted octanol–water partition coefficient (Wildman–Crippen LogP) is 1.47. The van der Waals surface area contributed by atoms with Gasteiger partial charge in [-0.3, -0.25) is 19.4 Å². The fourth-order valence-electron chi connectivity index (χ4n) is 4.11. The SMILES string of the molecule is O=C(CNc1cccnc1)N[C@]1(c2ccccc2)CCN(CCn2cccn2)C[C@H]1O. The number of hydrogen-bond acceptors (Lipinski definition) is 6. The lowest BCUT2D eigenvalue weighted by Crippen LogP contribution is -2.62. The standard InChI is InChI=1S/C23H28N6O2/c30-21-18-28(14-15-29-12-5-11-26-29)13-9-23(21,19-6-2-1-3-7-19)27-22(31)17-25-20-8-4-10-24-16-20/h1-8,10-12,16,21,25,30H,9,13-15,17-18H2,(H,27,31)/t21-,23+/m1/s1. The fraction of sp³-hybridized carbons (Fsp3) is 0.348. The van der Waals surface area contributed by atoms with Gasteiger partial charge >= 0.3 is 0 Å². The number of rotatable bonds is 8. The maximum Gasteiger partial charge on any atom is 0.240 e. The van der Waals surface area contributed by atoms with E-state index >= 15 is 0 Å². The zero-order valence-corrected chi connectivity index (χ0v) is 17.4. The summed E-state index contributed by atoms with van der Waals surface area (Å²) in [4.78, 5) is 19.1. The van der Waals surface area contributed by atoms with Crippen LogP contribution in [0.1, 0.15) is 12.0 Å². The molecule has 8 heteroatoms. The molecule has 1 fully saturated rings. The largest absolute Gasteiger partial charge is 0.389 e. The molecule has 8 nitrogen and oxygen atoms in total. The fourth-order valence-corrected chi connectivity index (χ4v) is 4.11. The molecular formula is C23H28N6O2. The monoisotopic (exact) mass is 420 g/mol. The lowest BCUT2D eigenvalue weighted by molar-refractivity contribution is -0.125. The molecule has 1 aliphatic heterocycles. The number of piperidine rings is 1. The molecule has 1 saturated heterocycles. The van der Waals surface area contributed by atoms with E-state index in [0.717, 1.165) is 30.9 Å². The van der Waals surface area contributed by atoms with Gasteiger partial charge in [0.25, 0.3) is 0 Å². The Morgan fingerprint density at radius 3 is 2.71 bits per heavy atom. The predicted molar refractivity (Wildman–Crippen MR) is 118 cm³/mol. The number of nitrogens with zero attached hydrogens (tertiary/aromatic N) is 4. The number of benzene rings is 1. The van der Waals surface area contributed by atoms with E-state index in [-0.39, 0.29) is 12.5 Å². The van der Waals surface area contributed by atoms with Gasteiger partial charge in [-0.15, -0.1) is 0 Å². The molecule has 162 valence electrons. The van der Waals surface area contributed by atoms with Gasteiger partial charge in [-0.2, -0.15) is 5.10 Å². The molecule has 3 N–H and O–H groups in total. The van der Waals surface area contributed by atoms with Crippen LogP contribution in [0.15, 0.2) is 73.3 Å². The van der Waals surface area contributed by atoms with Crippen LogP contribution in [-0.4, -0.2) is 63.0 Å². The maximum absolute atomic E-state index is 12.8. The molecule has 0 radical (unpaired) electrons. The third-order valence-electron chi connectivity index (χ3n) is 5.79. The Morgan fingerprint density at radius 1 is 1.13 bits per heavy atom. The van der Waals surface area contributed by atoms with E-state index in [9.17, 15) is 9.90 Å². The lowest BCUT2D eigenvalue weighted by atomic mass is 9.78. The van der Waals surface area contributed by atoms with Crippen molar-refractivity contribution in [1.82, 2.24) is 25.0 Å². The van der Waals surface area contributed by atoms with Gasteiger partial charge in [0.1, 0.15) is 0 Å².